The molecule has 6 nitrogen and oxygen atoms in total. The van der Waals surface area contributed by atoms with Crippen molar-refractivity contribution in [3.05, 3.63) is 47.8 Å². The molecule has 0 aromatic carbocycles. The predicted molar refractivity (Wildman–Crippen MR) is 75.6 cm³/mol. The number of hydrogen-bond donors (Lipinski definition) is 1. The fourth-order valence-corrected chi connectivity index (χ4v) is 1.95. The van der Waals surface area contributed by atoms with Gasteiger partial charge >= 0.3 is 0 Å². The van der Waals surface area contributed by atoms with Gasteiger partial charge in [-0.2, -0.15) is 0 Å². The molecule has 112 valence electrons. The molecule has 2 heterocycles. The van der Waals surface area contributed by atoms with Gasteiger partial charge in [0.15, 0.2) is 5.76 Å². The molecule has 2 rings (SSSR count). The lowest BCUT2D eigenvalue weighted by Crippen LogP contribution is -2.45. The number of nitrogens with zero attached hydrogens (tertiary/aromatic N) is 1. The topological polar surface area (TPSA) is 75.7 Å². The van der Waals surface area contributed by atoms with E-state index >= 15 is 0 Å². The van der Waals surface area contributed by atoms with Crippen LogP contribution < -0.4 is 5.32 Å². The average molecular weight is 290 g/mol. The van der Waals surface area contributed by atoms with Gasteiger partial charge in [0, 0.05) is 7.05 Å². The highest BCUT2D eigenvalue weighted by molar-refractivity contribution is 5.95. The summed E-state index contributed by atoms with van der Waals surface area (Å²) < 4.78 is 10.4. The fraction of sp³-hybridized carbons (Fsp3) is 0.333. The number of hydrogen-bond acceptors (Lipinski definition) is 4. The van der Waals surface area contributed by atoms with Gasteiger partial charge in [0.2, 0.25) is 5.91 Å². The first kappa shape index (κ1) is 14.9. The lowest BCUT2D eigenvalue weighted by molar-refractivity contribution is -0.132. The SMILES string of the molecule is Cc1ccc(CN(C)C(=O)[C@H](C)NC(=O)c2ccco2)o1. The van der Waals surface area contributed by atoms with Crippen LogP contribution in [0.15, 0.2) is 39.4 Å². The summed E-state index contributed by atoms with van der Waals surface area (Å²) in [5, 5.41) is 2.60. The van der Waals surface area contributed by atoms with Crippen molar-refractivity contribution in [2.45, 2.75) is 26.4 Å². The Labute approximate surface area is 122 Å². The van der Waals surface area contributed by atoms with Gasteiger partial charge in [-0.15, -0.1) is 0 Å². The first-order valence-electron chi connectivity index (χ1n) is 6.62. The van der Waals surface area contributed by atoms with Gasteiger partial charge in [-0.05, 0) is 38.1 Å². The lowest BCUT2D eigenvalue weighted by Gasteiger charge is -2.20. The Morgan fingerprint density at radius 3 is 2.67 bits per heavy atom. The molecule has 0 saturated carbocycles. The highest BCUT2D eigenvalue weighted by Crippen LogP contribution is 2.09. The smallest absolute Gasteiger partial charge is 0.287 e. The molecule has 0 fully saturated rings. The van der Waals surface area contributed by atoms with Gasteiger partial charge in [0.1, 0.15) is 17.6 Å². The molecular formula is C15H18N2O4. The molecule has 2 aromatic heterocycles. The van der Waals surface area contributed by atoms with Crippen molar-refractivity contribution in [2.75, 3.05) is 7.05 Å². The maximum absolute atomic E-state index is 12.2. The molecule has 0 spiro atoms. The van der Waals surface area contributed by atoms with Crippen molar-refractivity contribution in [3.8, 4) is 0 Å². The first-order valence-corrected chi connectivity index (χ1v) is 6.62. The molecule has 1 atom stereocenters. The first-order chi connectivity index (χ1) is 9.97. The minimum atomic E-state index is -0.649. The van der Waals surface area contributed by atoms with E-state index < -0.39 is 11.9 Å². The van der Waals surface area contributed by atoms with Crippen molar-refractivity contribution >= 4 is 11.8 Å². The Hall–Kier alpha value is -2.50. The van der Waals surface area contributed by atoms with E-state index in [0.29, 0.717) is 12.3 Å². The summed E-state index contributed by atoms with van der Waals surface area (Å²) >= 11 is 0. The molecule has 0 aliphatic carbocycles. The van der Waals surface area contributed by atoms with Crippen molar-refractivity contribution in [3.63, 3.8) is 0 Å². The van der Waals surface area contributed by atoms with Crippen LogP contribution in [0, 0.1) is 6.92 Å². The molecule has 2 aromatic rings. The molecule has 0 bridgehead atoms. The van der Waals surface area contributed by atoms with Gasteiger partial charge in [-0.3, -0.25) is 9.59 Å². The number of furan rings is 2. The second-order valence-electron chi connectivity index (χ2n) is 4.88. The number of aryl methyl sites for hydroxylation is 1. The van der Waals surface area contributed by atoms with Crippen LogP contribution >= 0.6 is 0 Å². The number of rotatable bonds is 5. The molecule has 6 heteroatoms. The molecule has 21 heavy (non-hydrogen) atoms. The summed E-state index contributed by atoms with van der Waals surface area (Å²) in [6.07, 6.45) is 1.41. The maximum atomic E-state index is 12.2. The minimum Gasteiger partial charge on any atom is -0.464 e. The van der Waals surface area contributed by atoms with Crippen LogP contribution in [-0.4, -0.2) is 29.8 Å². The summed E-state index contributed by atoms with van der Waals surface area (Å²) in [4.78, 5) is 25.5. The van der Waals surface area contributed by atoms with Crippen LogP contribution in [0.1, 0.15) is 29.0 Å². The monoisotopic (exact) mass is 290 g/mol. The average Bonchev–Trinajstić information content (AvgIpc) is 3.09. The summed E-state index contributed by atoms with van der Waals surface area (Å²) in [7, 11) is 1.66. The zero-order chi connectivity index (χ0) is 15.4. The van der Waals surface area contributed by atoms with Crippen LogP contribution in [0.25, 0.3) is 0 Å². The number of amides is 2. The van der Waals surface area contributed by atoms with E-state index in [1.165, 1.54) is 11.2 Å². The van der Waals surface area contributed by atoms with Crippen molar-refractivity contribution in [2.24, 2.45) is 0 Å². The quantitative estimate of drug-likeness (QED) is 0.913. The third kappa shape index (κ3) is 3.75. The molecule has 0 unspecified atom stereocenters. The Morgan fingerprint density at radius 2 is 2.10 bits per heavy atom. The molecule has 1 N–H and O–H groups in total. The Morgan fingerprint density at radius 1 is 1.33 bits per heavy atom. The molecule has 2 amide bonds. The van der Waals surface area contributed by atoms with Crippen molar-refractivity contribution < 1.29 is 18.4 Å². The number of nitrogens with one attached hydrogen (secondary N) is 1. The highest BCUT2D eigenvalue weighted by atomic mass is 16.3. The largest absolute Gasteiger partial charge is 0.464 e. The third-order valence-corrected chi connectivity index (χ3v) is 3.03. The van der Waals surface area contributed by atoms with Gasteiger partial charge in [-0.1, -0.05) is 0 Å². The van der Waals surface area contributed by atoms with E-state index in [0.717, 1.165) is 5.76 Å². The summed E-state index contributed by atoms with van der Waals surface area (Å²) in [5.74, 6) is 1.06. The minimum absolute atomic E-state index is 0.180. The second kappa shape index (κ2) is 6.30. The molecule has 0 aliphatic rings. The number of carbonyl (C=O) groups excluding carboxylic acids is 2. The van der Waals surface area contributed by atoms with Crippen LogP contribution in [0.2, 0.25) is 0 Å². The number of carbonyl (C=O) groups is 2. The van der Waals surface area contributed by atoms with Gasteiger partial charge < -0.3 is 19.1 Å². The van der Waals surface area contributed by atoms with E-state index in [1.807, 2.05) is 19.1 Å². The molecule has 0 radical (unpaired) electrons. The maximum Gasteiger partial charge on any atom is 0.287 e. The zero-order valence-electron chi connectivity index (χ0n) is 12.3. The molecule has 0 saturated heterocycles. The summed E-state index contributed by atoms with van der Waals surface area (Å²) in [5.41, 5.74) is 0. The normalized spacial score (nSPS) is 12.0. The molecular weight excluding hydrogens is 272 g/mol. The summed E-state index contributed by atoms with van der Waals surface area (Å²) in [6.45, 7) is 3.83. The van der Waals surface area contributed by atoms with Gasteiger partial charge in [-0.25, -0.2) is 0 Å². The van der Waals surface area contributed by atoms with E-state index in [1.54, 1.807) is 26.1 Å². The standard InChI is InChI=1S/C15H18N2O4/c1-10-6-7-12(21-10)9-17(3)15(19)11(2)16-14(18)13-5-4-8-20-13/h4-8,11H,9H2,1-3H3,(H,16,18)/t11-/m0/s1. The van der Waals surface area contributed by atoms with Gasteiger partial charge in [0.25, 0.3) is 5.91 Å². The number of likely N-dealkylation sites (N-methyl/N-ethyl adjacent to an activating group) is 1. The highest BCUT2D eigenvalue weighted by Gasteiger charge is 2.21. The zero-order valence-corrected chi connectivity index (χ0v) is 12.3. The Bertz CT molecular complexity index is 615. The van der Waals surface area contributed by atoms with Crippen molar-refractivity contribution in [1.29, 1.82) is 0 Å². The van der Waals surface area contributed by atoms with E-state index in [-0.39, 0.29) is 11.7 Å². The van der Waals surface area contributed by atoms with Crippen LogP contribution in [0.3, 0.4) is 0 Å². The predicted octanol–water partition coefficient (Wildman–Crippen LogP) is 1.96. The second-order valence-corrected chi connectivity index (χ2v) is 4.88. The van der Waals surface area contributed by atoms with Gasteiger partial charge in [0.05, 0.1) is 12.8 Å². The lowest BCUT2D eigenvalue weighted by atomic mass is 10.2. The van der Waals surface area contributed by atoms with E-state index in [2.05, 4.69) is 5.32 Å². The fourth-order valence-electron chi connectivity index (χ4n) is 1.95. The molecule has 0 aliphatic heterocycles. The summed E-state index contributed by atoms with van der Waals surface area (Å²) in [6, 6.07) is 6.18. The Kier molecular flexibility index (Phi) is 4.47. The third-order valence-electron chi connectivity index (χ3n) is 3.03. The van der Waals surface area contributed by atoms with E-state index in [9.17, 15) is 9.59 Å². The van der Waals surface area contributed by atoms with Crippen LogP contribution in [0.5, 0.6) is 0 Å². The van der Waals surface area contributed by atoms with Crippen molar-refractivity contribution in [1.82, 2.24) is 10.2 Å². The van der Waals surface area contributed by atoms with E-state index in [4.69, 9.17) is 8.83 Å². The Balaban J connectivity index is 1.90. The van der Waals surface area contributed by atoms with Crippen LogP contribution in [-0.2, 0) is 11.3 Å². The van der Waals surface area contributed by atoms with Crippen LogP contribution in [0.4, 0.5) is 0 Å².